The second-order valence-corrected chi connectivity index (χ2v) is 3.32. The van der Waals surface area contributed by atoms with Gasteiger partial charge in [-0.1, -0.05) is 6.58 Å². The predicted octanol–water partition coefficient (Wildman–Crippen LogP) is 2.67. The molecule has 0 saturated carbocycles. The molecule has 0 fully saturated rings. The average Bonchev–Trinajstić information content (AvgIpc) is 0.811. The first-order valence-corrected chi connectivity index (χ1v) is 2.32. The van der Waals surface area contributed by atoms with Crippen molar-refractivity contribution < 1.29 is 0 Å². The van der Waals surface area contributed by atoms with E-state index in [0.29, 0.717) is 0 Å². The van der Waals surface area contributed by atoms with E-state index in [1.165, 1.54) is 0 Å². The van der Waals surface area contributed by atoms with Crippen LogP contribution < -0.4 is 0 Å². The Morgan fingerprint density at radius 1 is 1.40 bits per heavy atom. The summed E-state index contributed by atoms with van der Waals surface area (Å²) in [6.07, 6.45) is 0. The zero-order valence-corrected chi connectivity index (χ0v) is 6.36. The largest absolute Gasteiger partial charge is 0.147 e. The van der Waals surface area contributed by atoms with E-state index in [4.69, 9.17) is 0 Å². The molecule has 0 heterocycles. The van der Waals surface area contributed by atoms with E-state index in [0.717, 1.165) is 3.39 Å². The number of hydrogen-bond donors (Lipinski definition) is 0. The molecule has 0 unspecified atom stereocenters. The molecule has 3 heteroatoms. The van der Waals surface area contributed by atoms with E-state index in [2.05, 4.69) is 38.4 Å². The lowest BCUT2D eigenvalue weighted by Crippen LogP contribution is -1.19. The molecular formula is C2H3Br2Cl. The lowest BCUT2D eigenvalue weighted by atomic mass is 11.3. The maximum absolute atomic E-state index is 3.39. The highest BCUT2D eigenvalue weighted by atomic mass is 79.9. The van der Waals surface area contributed by atoms with Crippen LogP contribution in [0.15, 0.2) is 9.97 Å². The van der Waals surface area contributed by atoms with Crippen LogP contribution in [-0.2, 0) is 0 Å². The Hall–Kier alpha value is 0.990. The second kappa shape index (κ2) is 4.99. The molecule has 0 aromatic rings. The number of halogens is 3. The van der Waals surface area contributed by atoms with Gasteiger partial charge in [-0.2, -0.15) is 0 Å². The minimum atomic E-state index is 0. The van der Waals surface area contributed by atoms with Crippen molar-refractivity contribution in [3.05, 3.63) is 9.97 Å². The molecule has 0 saturated heterocycles. The highest BCUT2D eigenvalue weighted by Gasteiger charge is 1.58. The molecule has 0 rings (SSSR count). The van der Waals surface area contributed by atoms with E-state index in [1.54, 1.807) is 0 Å². The Balaban J connectivity index is 0. The second-order valence-electron chi connectivity index (χ2n) is 0.339. The van der Waals surface area contributed by atoms with E-state index >= 15 is 0 Å². The van der Waals surface area contributed by atoms with Gasteiger partial charge in [-0.3, -0.25) is 0 Å². The van der Waals surface area contributed by atoms with Crippen LogP contribution in [0.4, 0.5) is 0 Å². The first-order valence-electron chi connectivity index (χ1n) is 0.732. The minimum Gasteiger partial charge on any atom is -0.147 e. The summed E-state index contributed by atoms with van der Waals surface area (Å²) >= 11 is 5.99. The van der Waals surface area contributed by atoms with Gasteiger partial charge in [0.1, 0.15) is 0 Å². The molecule has 0 bridgehead atoms. The monoisotopic (exact) mass is 220 g/mol. The zero-order valence-electron chi connectivity index (χ0n) is 2.37. The van der Waals surface area contributed by atoms with Crippen LogP contribution in [0.5, 0.6) is 0 Å². The van der Waals surface area contributed by atoms with Crippen LogP contribution in [-0.4, -0.2) is 0 Å². The first-order chi connectivity index (χ1) is 1.73. The molecule has 0 atom stereocenters. The Kier molecular flexibility index (Phi) is 9.35. The van der Waals surface area contributed by atoms with E-state index in [1.807, 2.05) is 0 Å². The average molecular weight is 222 g/mol. The molecule has 0 N–H and O–H groups in total. The van der Waals surface area contributed by atoms with Crippen molar-refractivity contribution in [3.8, 4) is 0 Å². The molecule has 0 aliphatic carbocycles. The van der Waals surface area contributed by atoms with Crippen molar-refractivity contribution in [1.82, 2.24) is 0 Å². The molecule has 0 aliphatic heterocycles. The number of rotatable bonds is 0. The van der Waals surface area contributed by atoms with Crippen LogP contribution in [0.3, 0.4) is 0 Å². The highest BCUT2D eigenvalue weighted by molar-refractivity contribution is 9.28. The summed E-state index contributed by atoms with van der Waals surface area (Å²) in [7, 11) is 0. The maximum atomic E-state index is 3.39. The van der Waals surface area contributed by atoms with E-state index in [-0.39, 0.29) is 12.4 Å². The molecule has 0 aromatic carbocycles. The molecule has 0 aliphatic rings. The Morgan fingerprint density at radius 3 is 1.40 bits per heavy atom. The van der Waals surface area contributed by atoms with Crippen LogP contribution in [0.2, 0.25) is 0 Å². The van der Waals surface area contributed by atoms with Gasteiger partial charge in [-0.05, 0) is 31.9 Å². The third kappa shape index (κ3) is 45.5. The molecule has 32 valence electrons. The van der Waals surface area contributed by atoms with Gasteiger partial charge in [-0.25, -0.2) is 0 Å². The maximum Gasteiger partial charge on any atom is 0.0532 e. The van der Waals surface area contributed by atoms with Crippen LogP contribution in [0.1, 0.15) is 0 Å². The first kappa shape index (κ1) is 9.37. The third-order valence-electron chi connectivity index (χ3n) is 0. The fraction of sp³-hybridized carbons (Fsp3) is 0. The molecule has 0 radical (unpaired) electrons. The van der Waals surface area contributed by atoms with Crippen molar-refractivity contribution in [2.75, 3.05) is 0 Å². The van der Waals surface area contributed by atoms with Crippen LogP contribution >= 0.6 is 44.3 Å². The summed E-state index contributed by atoms with van der Waals surface area (Å²) in [4.78, 5) is 0. The van der Waals surface area contributed by atoms with Gasteiger partial charge in [0.2, 0.25) is 0 Å². The summed E-state index contributed by atoms with van der Waals surface area (Å²) in [5, 5.41) is 0. The summed E-state index contributed by atoms with van der Waals surface area (Å²) in [6, 6.07) is 0. The minimum absolute atomic E-state index is 0. The number of hydrogen-bond acceptors (Lipinski definition) is 0. The topological polar surface area (TPSA) is 0 Å². The smallest absolute Gasteiger partial charge is 0.0532 e. The molecule has 5 heavy (non-hydrogen) atoms. The lowest BCUT2D eigenvalue weighted by molar-refractivity contribution is 2.63. The van der Waals surface area contributed by atoms with Gasteiger partial charge in [0.25, 0.3) is 0 Å². The van der Waals surface area contributed by atoms with Gasteiger partial charge in [0.15, 0.2) is 0 Å². The zero-order chi connectivity index (χ0) is 3.58. The molecule has 0 spiro atoms. The standard InChI is InChI=1S/C2H2Br2.ClH/c1-2(3)4;/h1H2;1H. The Morgan fingerprint density at radius 2 is 1.40 bits per heavy atom. The van der Waals surface area contributed by atoms with Crippen LogP contribution in [0.25, 0.3) is 0 Å². The molecule has 0 amide bonds. The van der Waals surface area contributed by atoms with E-state index in [9.17, 15) is 0 Å². The van der Waals surface area contributed by atoms with E-state index < -0.39 is 0 Å². The quantitative estimate of drug-likeness (QED) is 0.591. The fourth-order valence-corrected chi connectivity index (χ4v) is 0. The molecular weight excluding hydrogens is 219 g/mol. The van der Waals surface area contributed by atoms with Gasteiger partial charge >= 0.3 is 0 Å². The predicted molar refractivity (Wildman–Crippen MR) is 34.2 cm³/mol. The summed E-state index contributed by atoms with van der Waals surface area (Å²) in [5.74, 6) is 0. The van der Waals surface area contributed by atoms with Gasteiger partial charge in [0, 0.05) is 0 Å². The SMILES string of the molecule is C=C(Br)Br.Cl. The Bertz CT molecular complexity index is 30.6. The molecule has 0 aromatic heterocycles. The lowest BCUT2D eigenvalue weighted by Gasteiger charge is -1.58. The highest BCUT2D eigenvalue weighted by Crippen LogP contribution is 2.06. The van der Waals surface area contributed by atoms with Crippen molar-refractivity contribution in [2.24, 2.45) is 0 Å². The van der Waals surface area contributed by atoms with Crippen LogP contribution in [0, 0.1) is 0 Å². The van der Waals surface area contributed by atoms with Crippen molar-refractivity contribution >= 4 is 44.3 Å². The summed E-state index contributed by atoms with van der Waals surface area (Å²) in [6.45, 7) is 3.39. The normalized spacial score (nSPS) is 5.20. The Labute approximate surface area is 54.3 Å². The van der Waals surface area contributed by atoms with Gasteiger partial charge in [0.05, 0.1) is 3.39 Å². The van der Waals surface area contributed by atoms with Crippen molar-refractivity contribution in [2.45, 2.75) is 0 Å². The third-order valence-corrected chi connectivity index (χ3v) is 0. The van der Waals surface area contributed by atoms with Gasteiger partial charge in [-0.15, -0.1) is 12.4 Å². The fourth-order valence-electron chi connectivity index (χ4n) is 0. The van der Waals surface area contributed by atoms with Gasteiger partial charge < -0.3 is 0 Å². The summed E-state index contributed by atoms with van der Waals surface area (Å²) < 4.78 is 0.792. The van der Waals surface area contributed by atoms with Crippen molar-refractivity contribution in [3.63, 3.8) is 0 Å². The van der Waals surface area contributed by atoms with Crippen molar-refractivity contribution in [1.29, 1.82) is 0 Å². The summed E-state index contributed by atoms with van der Waals surface area (Å²) in [5.41, 5.74) is 0. The molecule has 0 nitrogen and oxygen atoms in total.